The topological polar surface area (TPSA) is 96.5 Å². The summed E-state index contributed by atoms with van der Waals surface area (Å²) in [4.78, 5) is 17.9. The molecular formula is C12H13N5O. The second-order valence-electron chi connectivity index (χ2n) is 3.92. The summed E-state index contributed by atoms with van der Waals surface area (Å²) in [5, 5.41) is 7.90. The fourth-order valence-electron chi connectivity index (χ4n) is 1.44. The molecule has 6 nitrogen and oxygen atoms in total. The second-order valence-corrected chi connectivity index (χ2v) is 3.92. The van der Waals surface area contributed by atoms with Crippen LogP contribution in [-0.2, 0) is 0 Å². The van der Waals surface area contributed by atoms with E-state index in [1.54, 1.807) is 6.92 Å². The van der Waals surface area contributed by atoms with Gasteiger partial charge in [-0.05, 0) is 26.0 Å². The average molecular weight is 243 g/mol. The number of hydrogen-bond acceptors (Lipinski definition) is 5. The van der Waals surface area contributed by atoms with Crippen molar-refractivity contribution < 1.29 is 0 Å². The third kappa shape index (κ3) is 2.60. The first-order chi connectivity index (χ1) is 8.56. The zero-order valence-corrected chi connectivity index (χ0v) is 10.1. The summed E-state index contributed by atoms with van der Waals surface area (Å²) >= 11 is 0. The molecule has 0 saturated carbocycles. The van der Waals surface area contributed by atoms with Gasteiger partial charge in [-0.2, -0.15) is 5.11 Å². The molecule has 18 heavy (non-hydrogen) atoms. The minimum absolute atomic E-state index is 0.0757. The van der Waals surface area contributed by atoms with E-state index >= 15 is 0 Å². The minimum atomic E-state index is -0.393. The Morgan fingerprint density at radius 3 is 2.44 bits per heavy atom. The van der Waals surface area contributed by atoms with Gasteiger partial charge in [-0.1, -0.05) is 17.7 Å². The molecule has 2 aromatic rings. The molecule has 3 N–H and O–H groups in total. The third-order valence-corrected chi connectivity index (χ3v) is 2.39. The first-order valence-corrected chi connectivity index (χ1v) is 5.41. The van der Waals surface area contributed by atoms with E-state index in [4.69, 9.17) is 5.73 Å². The van der Waals surface area contributed by atoms with Crippen LogP contribution in [0.15, 0.2) is 39.3 Å². The van der Waals surface area contributed by atoms with E-state index in [0.717, 1.165) is 5.56 Å². The summed E-state index contributed by atoms with van der Waals surface area (Å²) in [5.41, 5.74) is 7.46. The first-order valence-electron chi connectivity index (χ1n) is 5.41. The van der Waals surface area contributed by atoms with Gasteiger partial charge in [0.05, 0.1) is 11.4 Å². The molecule has 92 valence electrons. The molecule has 2 rings (SSSR count). The number of anilines is 1. The van der Waals surface area contributed by atoms with Gasteiger partial charge in [-0.25, -0.2) is 4.98 Å². The lowest BCUT2D eigenvalue weighted by atomic mass is 10.2. The van der Waals surface area contributed by atoms with E-state index in [2.05, 4.69) is 20.2 Å². The Labute approximate surface area is 104 Å². The molecule has 0 radical (unpaired) electrons. The Hall–Kier alpha value is -2.50. The van der Waals surface area contributed by atoms with Crippen molar-refractivity contribution in [3.8, 4) is 0 Å². The predicted octanol–water partition coefficient (Wildman–Crippen LogP) is 2.38. The number of aromatic nitrogens is 2. The normalized spacial score (nSPS) is 11.0. The molecule has 0 amide bonds. The molecule has 0 bridgehead atoms. The van der Waals surface area contributed by atoms with Gasteiger partial charge in [0, 0.05) is 0 Å². The van der Waals surface area contributed by atoms with E-state index < -0.39 is 5.56 Å². The van der Waals surface area contributed by atoms with E-state index in [9.17, 15) is 4.79 Å². The highest BCUT2D eigenvalue weighted by Crippen LogP contribution is 2.17. The molecule has 1 aromatic heterocycles. The van der Waals surface area contributed by atoms with Crippen LogP contribution in [0.25, 0.3) is 0 Å². The van der Waals surface area contributed by atoms with Crippen molar-refractivity contribution in [2.24, 2.45) is 10.2 Å². The average Bonchev–Trinajstić information content (AvgIpc) is 2.30. The highest BCUT2D eigenvalue weighted by molar-refractivity contribution is 5.43. The lowest BCUT2D eigenvalue weighted by molar-refractivity contribution is 1.05. The fraction of sp³-hybridized carbons (Fsp3) is 0.167. The van der Waals surface area contributed by atoms with Crippen LogP contribution in [0.1, 0.15) is 11.3 Å². The lowest BCUT2D eigenvalue weighted by Crippen LogP contribution is -2.11. The van der Waals surface area contributed by atoms with Crippen LogP contribution in [0.2, 0.25) is 0 Å². The molecule has 0 aliphatic carbocycles. The number of nitrogen functional groups attached to an aromatic ring is 1. The smallest absolute Gasteiger partial charge is 0.280 e. The predicted molar refractivity (Wildman–Crippen MR) is 69.4 cm³/mol. The maximum atomic E-state index is 11.6. The Bertz CT molecular complexity index is 643. The molecule has 0 saturated heterocycles. The Morgan fingerprint density at radius 2 is 1.83 bits per heavy atom. The monoisotopic (exact) mass is 243 g/mol. The van der Waals surface area contributed by atoms with Crippen LogP contribution < -0.4 is 11.3 Å². The van der Waals surface area contributed by atoms with Crippen LogP contribution in [0.5, 0.6) is 0 Å². The lowest BCUT2D eigenvalue weighted by Gasteiger charge is -1.98. The number of nitrogens with zero attached hydrogens (tertiary/aromatic N) is 3. The number of H-pyrrole nitrogens is 1. The third-order valence-electron chi connectivity index (χ3n) is 2.39. The van der Waals surface area contributed by atoms with Crippen LogP contribution in [0.3, 0.4) is 0 Å². The van der Waals surface area contributed by atoms with Gasteiger partial charge in [0.15, 0.2) is 5.69 Å². The van der Waals surface area contributed by atoms with Crippen molar-refractivity contribution >= 4 is 17.3 Å². The molecular weight excluding hydrogens is 230 g/mol. The van der Waals surface area contributed by atoms with Crippen LogP contribution >= 0.6 is 0 Å². The van der Waals surface area contributed by atoms with E-state index in [-0.39, 0.29) is 11.6 Å². The number of benzene rings is 1. The number of rotatable bonds is 2. The molecule has 0 atom stereocenters. The maximum absolute atomic E-state index is 11.6. The van der Waals surface area contributed by atoms with Crippen LogP contribution in [-0.4, -0.2) is 9.97 Å². The van der Waals surface area contributed by atoms with Crippen molar-refractivity contribution in [3.63, 3.8) is 0 Å². The van der Waals surface area contributed by atoms with Gasteiger partial charge in [0.1, 0.15) is 0 Å². The molecule has 6 heteroatoms. The quantitative estimate of drug-likeness (QED) is 0.792. The van der Waals surface area contributed by atoms with E-state index in [1.165, 1.54) is 0 Å². The Balaban J connectivity index is 2.35. The maximum Gasteiger partial charge on any atom is 0.280 e. The molecule has 0 spiro atoms. The molecule has 0 aliphatic rings. The summed E-state index contributed by atoms with van der Waals surface area (Å²) in [7, 11) is 0. The SMILES string of the molecule is Cc1ccc(N=Nc2c(C)nc(N)[nH]c2=O)cc1. The van der Waals surface area contributed by atoms with Gasteiger partial charge >= 0.3 is 0 Å². The Morgan fingerprint density at radius 1 is 1.17 bits per heavy atom. The number of azo groups is 1. The van der Waals surface area contributed by atoms with Crippen molar-refractivity contribution in [1.82, 2.24) is 9.97 Å². The van der Waals surface area contributed by atoms with Gasteiger partial charge in [0.2, 0.25) is 5.95 Å². The van der Waals surface area contributed by atoms with Crippen LogP contribution in [0.4, 0.5) is 17.3 Å². The molecule has 0 aliphatic heterocycles. The standard InChI is InChI=1S/C12H13N5O/c1-7-3-5-9(6-4-7)16-17-10-8(2)14-12(13)15-11(10)18/h3-6H,1-2H3,(H3,13,14,15,18). The van der Waals surface area contributed by atoms with Gasteiger partial charge in [-0.3, -0.25) is 9.78 Å². The highest BCUT2D eigenvalue weighted by Gasteiger charge is 2.05. The number of nitrogens with two attached hydrogens (primary N) is 1. The highest BCUT2D eigenvalue weighted by atomic mass is 16.1. The van der Waals surface area contributed by atoms with Crippen LogP contribution in [0, 0.1) is 13.8 Å². The fourth-order valence-corrected chi connectivity index (χ4v) is 1.44. The van der Waals surface area contributed by atoms with Gasteiger partial charge in [-0.15, -0.1) is 5.11 Å². The first kappa shape index (κ1) is 12.0. The molecule has 1 heterocycles. The molecule has 1 aromatic carbocycles. The summed E-state index contributed by atoms with van der Waals surface area (Å²) in [6.45, 7) is 3.65. The van der Waals surface area contributed by atoms with Gasteiger partial charge in [0.25, 0.3) is 5.56 Å². The Kier molecular flexibility index (Phi) is 3.18. The number of hydrogen-bond donors (Lipinski definition) is 2. The number of nitrogens with one attached hydrogen (secondary N) is 1. The number of aromatic amines is 1. The van der Waals surface area contributed by atoms with Crippen molar-refractivity contribution in [1.29, 1.82) is 0 Å². The second kappa shape index (κ2) is 4.79. The molecule has 0 unspecified atom stereocenters. The summed E-state index contributed by atoms with van der Waals surface area (Å²) < 4.78 is 0. The molecule has 0 fully saturated rings. The minimum Gasteiger partial charge on any atom is -0.369 e. The zero-order valence-electron chi connectivity index (χ0n) is 10.1. The zero-order chi connectivity index (χ0) is 13.1. The summed E-state index contributed by atoms with van der Waals surface area (Å²) in [5.74, 6) is 0.0757. The van der Waals surface area contributed by atoms with E-state index in [0.29, 0.717) is 11.4 Å². The van der Waals surface area contributed by atoms with E-state index in [1.807, 2.05) is 31.2 Å². The van der Waals surface area contributed by atoms with Crippen molar-refractivity contribution in [2.45, 2.75) is 13.8 Å². The largest absolute Gasteiger partial charge is 0.369 e. The number of aryl methyl sites for hydroxylation is 2. The van der Waals surface area contributed by atoms with Crippen molar-refractivity contribution in [3.05, 3.63) is 45.9 Å². The van der Waals surface area contributed by atoms with Crippen molar-refractivity contribution in [2.75, 3.05) is 5.73 Å². The van der Waals surface area contributed by atoms with Gasteiger partial charge < -0.3 is 5.73 Å². The summed E-state index contributed by atoms with van der Waals surface area (Å²) in [6, 6.07) is 7.50. The summed E-state index contributed by atoms with van der Waals surface area (Å²) in [6.07, 6.45) is 0.